The lowest BCUT2D eigenvalue weighted by Gasteiger charge is -2.12. The van der Waals surface area contributed by atoms with Gasteiger partial charge < -0.3 is 9.47 Å². The minimum atomic E-state index is -1.65. The molecule has 0 saturated carbocycles. The Morgan fingerprint density at radius 1 is 1.40 bits per heavy atom. The predicted octanol–water partition coefficient (Wildman–Crippen LogP) is 1.64. The molecule has 0 bridgehead atoms. The van der Waals surface area contributed by atoms with Gasteiger partial charge in [0, 0.05) is 17.3 Å². The van der Waals surface area contributed by atoms with Crippen LogP contribution in [0.1, 0.15) is 20.3 Å². The molecule has 88 valence electrons. The quantitative estimate of drug-likeness (QED) is 0.422. The summed E-state index contributed by atoms with van der Waals surface area (Å²) in [7, 11) is 0. The highest BCUT2D eigenvalue weighted by molar-refractivity contribution is 14.1. The highest BCUT2D eigenvalue weighted by atomic mass is 127. The lowest BCUT2D eigenvalue weighted by atomic mass is 10.2. The first-order valence-corrected chi connectivity index (χ1v) is 5.80. The highest BCUT2D eigenvalue weighted by Gasteiger charge is 2.22. The molecule has 0 heterocycles. The summed E-state index contributed by atoms with van der Waals surface area (Å²) in [5.74, 6) is -1.27. The summed E-state index contributed by atoms with van der Waals surface area (Å²) >= 11 is 1.93. The minimum Gasteiger partial charge on any atom is -0.465 e. The Morgan fingerprint density at radius 2 is 2.00 bits per heavy atom. The molecule has 6 heteroatoms. The summed E-state index contributed by atoms with van der Waals surface area (Å²) in [6.45, 7) is 3.16. The third-order valence-electron chi connectivity index (χ3n) is 1.47. The van der Waals surface area contributed by atoms with Crippen LogP contribution in [0.15, 0.2) is 0 Å². The highest BCUT2D eigenvalue weighted by Crippen LogP contribution is 2.13. The van der Waals surface area contributed by atoms with E-state index >= 15 is 0 Å². The maximum atomic E-state index is 13.1. The Hall–Kier alpha value is -0.400. The summed E-state index contributed by atoms with van der Waals surface area (Å²) in [5, 5.41) is 0. The van der Waals surface area contributed by atoms with E-state index in [0.29, 0.717) is 0 Å². The van der Waals surface area contributed by atoms with Crippen LogP contribution < -0.4 is 0 Å². The maximum absolute atomic E-state index is 13.1. The molecule has 0 spiro atoms. The van der Waals surface area contributed by atoms with Crippen molar-refractivity contribution in [3.8, 4) is 0 Å². The van der Waals surface area contributed by atoms with Crippen molar-refractivity contribution in [2.24, 2.45) is 0 Å². The van der Waals surface area contributed by atoms with Gasteiger partial charge in [-0.2, -0.15) is 0 Å². The van der Waals surface area contributed by atoms with Crippen LogP contribution in [0.5, 0.6) is 0 Å². The number of hydrogen-bond donors (Lipinski definition) is 0. The van der Waals surface area contributed by atoms with Crippen LogP contribution in [0.25, 0.3) is 0 Å². The molecule has 0 aliphatic carbocycles. The Kier molecular flexibility index (Phi) is 7.63. The van der Waals surface area contributed by atoms with E-state index in [4.69, 9.17) is 0 Å². The summed E-state index contributed by atoms with van der Waals surface area (Å²) in [6, 6.07) is 0. The number of alkyl halides is 2. The van der Waals surface area contributed by atoms with Gasteiger partial charge in [-0.1, -0.05) is 22.6 Å². The van der Waals surface area contributed by atoms with E-state index in [1.165, 1.54) is 6.92 Å². The SMILES string of the molecule is CCOC(=O)C(F)CC(I)COC(C)=O. The smallest absolute Gasteiger partial charge is 0.340 e. The Labute approximate surface area is 102 Å². The first-order chi connectivity index (χ1) is 6.97. The molecule has 0 aromatic heterocycles. The number of hydrogen-bond acceptors (Lipinski definition) is 4. The molecule has 0 rings (SSSR count). The van der Waals surface area contributed by atoms with E-state index in [2.05, 4.69) is 9.47 Å². The number of halogens is 2. The summed E-state index contributed by atoms with van der Waals surface area (Å²) < 4.78 is 22.1. The Morgan fingerprint density at radius 3 is 2.47 bits per heavy atom. The summed E-state index contributed by atoms with van der Waals surface area (Å²) in [5.41, 5.74) is 0. The average molecular weight is 332 g/mol. The van der Waals surface area contributed by atoms with Crippen LogP contribution in [0.2, 0.25) is 0 Å². The zero-order valence-electron chi connectivity index (χ0n) is 8.66. The molecule has 0 N–H and O–H groups in total. The number of ether oxygens (including phenoxy) is 2. The summed E-state index contributed by atoms with van der Waals surface area (Å²) in [6.07, 6.45) is -1.66. The Balaban J connectivity index is 3.79. The molecule has 0 amide bonds. The van der Waals surface area contributed by atoms with Crippen molar-refractivity contribution in [2.75, 3.05) is 13.2 Å². The zero-order chi connectivity index (χ0) is 11.8. The molecule has 0 aliphatic heterocycles. The molecule has 0 aromatic rings. The third-order valence-corrected chi connectivity index (χ3v) is 2.34. The topological polar surface area (TPSA) is 52.6 Å². The van der Waals surface area contributed by atoms with Gasteiger partial charge in [0.05, 0.1) is 6.61 Å². The second kappa shape index (κ2) is 7.84. The molecular weight excluding hydrogens is 318 g/mol. The van der Waals surface area contributed by atoms with E-state index in [9.17, 15) is 14.0 Å². The normalized spacial score (nSPS) is 14.1. The zero-order valence-corrected chi connectivity index (χ0v) is 10.8. The monoisotopic (exact) mass is 332 g/mol. The first kappa shape index (κ1) is 14.6. The molecule has 0 aromatic carbocycles. The van der Waals surface area contributed by atoms with Crippen LogP contribution in [0.3, 0.4) is 0 Å². The van der Waals surface area contributed by atoms with Gasteiger partial charge in [-0.05, 0) is 6.92 Å². The lowest BCUT2D eigenvalue weighted by Crippen LogP contribution is -2.24. The van der Waals surface area contributed by atoms with Crippen molar-refractivity contribution in [1.82, 2.24) is 0 Å². The third kappa shape index (κ3) is 7.52. The minimum absolute atomic E-state index is 0.00727. The van der Waals surface area contributed by atoms with Crippen molar-refractivity contribution in [3.63, 3.8) is 0 Å². The molecule has 0 radical (unpaired) electrons. The summed E-state index contributed by atoms with van der Waals surface area (Å²) in [4.78, 5) is 21.4. The number of carbonyl (C=O) groups excluding carboxylic acids is 2. The van der Waals surface area contributed by atoms with Crippen molar-refractivity contribution in [1.29, 1.82) is 0 Å². The molecule has 0 saturated heterocycles. The van der Waals surface area contributed by atoms with Crippen molar-refractivity contribution >= 4 is 34.5 Å². The van der Waals surface area contributed by atoms with Gasteiger partial charge in [0.1, 0.15) is 6.61 Å². The second-order valence-electron chi connectivity index (χ2n) is 2.86. The van der Waals surface area contributed by atoms with Gasteiger partial charge >= 0.3 is 11.9 Å². The molecule has 0 fully saturated rings. The van der Waals surface area contributed by atoms with Gasteiger partial charge in [0.25, 0.3) is 0 Å². The van der Waals surface area contributed by atoms with Gasteiger partial charge in [0.15, 0.2) is 6.17 Å². The van der Waals surface area contributed by atoms with Gasteiger partial charge in [0.2, 0.25) is 0 Å². The van der Waals surface area contributed by atoms with Crippen LogP contribution >= 0.6 is 22.6 Å². The van der Waals surface area contributed by atoms with Crippen molar-refractivity contribution in [3.05, 3.63) is 0 Å². The van der Waals surface area contributed by atoms with E-state index in [1.54, 1.807) is 6.92 Å². The molecule has 15 heavy (non-hydrogen) atoms. The van der Waals surface area contributed by atoms with E-state index in [0.717, 1.165) is 0 Å². The number of carbonyl (C=O) groups is 2. The van der Waals surface area contributed by atoms with E-state index in [1.807, 2.05) is 22.6 Å². The molecular formula is C9H14FIO4. The van der Waals surface area contributed by atoms with Gasteiger partial charge in [-0.15, -0.1) is 0 Å². The van der Waals surface area contributed by atoms with Gasteiger partial charge in [-0.25, -0.2) is 9.18 Å². The molecule has 0 aliphatic rings. The largest absolute Gasteiger partial charge is 0.465 e. The van der Waals surface area contributed by atoms with Crippen LogP contribution in [0.4, 0.5) is 4.39 Å². The fourth-order valence-electron chi connectivity index (χ4n) is 0.829. The van der Waals surface area contributed by atoms with Crippen LogP contribution in [0, 0.1) is 0 Å². The fraction of sp³-hybridized carbons (Fsp3) is 0.778. The van der Waals surface area contributed by atoms with E-state index < -0.39 is 18.1 Å². The lowest BCUT2D eigenvalue weighted by molar-refractivity contribution is -0.149. The molecule has 2 unspecified atom stereocenters. The van der Waals surface area contributed by atoms with Crippen molar-refractivity contribution in [2.45, 2.75) is 30.4 Å². The molecule has 2 atom stereocenters. The van der Waals surface area contributed by atoms with Gasteiger partial charge in [-0.3, -0.25) is 4.79 Å². The van der Waals surface area contributed by atoms with E-state index in [-0.39, 0.29) is 23.6 Å². The van der Waals surface area contributed by atoms with Crippen molar-refractivity contribution < 1.29 is 23.5 Å². The maximum Gasteiger partial charge on any atom is 0.340 e. The standard InChI is InChI=1S/C9H14FIO4/c1-3-14-9(13)8(10)4-7(11)5-15-6(2)12/h7-8H,3-5H2,1-2H3. The number of rotatable bonds is 6. The predicted molar refractivity (Wildman–Crippen MR) is 60.6 cm³/mol. The molecule has 4 nitrogen and oxygen atoms in total. The average Bonchev–Trinajstić information content (AvgIpc) is 2.15. The second-order valence-corrected chi connectivity index (χ2v) is 4.62. The fourth-order valence-corrected chi connectivity index (χ4v) is 1.46. The Bertz CT molecular complexity index is 222. The van der Waals surface area contributed by atoms with Crippen LogP contribution in [-0.2, 0) is 19.1 Å². The van der Waals surface area contributed by atoms with Crippen LogP contribution in [-0.4, -0.2) is 35.2 Å². The number of esters is 2. The first-order valence-electron chi connectivity index (χ1n) is 4.55.